The quantitative estimate of drug-likeness (QED) is 0.750. The van der Waals surface area contributed by atoms with Gasteiger partial charge in [-0.25, -0.2) is 4.98 Å². The molecule has 5 nitrogen and oxygen atoms in total. The number of likely N-dealkylation sites (N-methyl/N-ethyl adjacent to an activating group) is 1. The third kappa shape index (κ3) is 3.52. The maximum Gasteiger partial charge on any atom is 0.153 e. The molecule has 0 saturated heterocycles. The van der Waals surface area contributed by atoms with E-state index in [1.165, 1.54) is 7.11 Å². The van der Waals surface area contributed by atoms with Crippen LogP contribution < -0.4 is 10.6 Å². The molecule has 90 valence electrons. The molecule has 0 aliphatic carbocycles. The van der Waals surface area contributed by atoms with E-state index in [1.807, 2.05) is 0 Å². The second kappa shape index (κ2) is 5.89. The van der Waals surface area contributed by atoms with Crippen LogP contribution in [0.25, 0.3) is 0 Å². The molecule has 0 spiro atoms. The van der Waals surface area contributed by atoms with E-state index in [1.54, 1.807) is 24.1 Å². The van der Waals surface area contributed by atoms with Gasteiger partial charge in [0.05, 0.1) is 18.4 Å². The maximum absolute atomic E-state index is 9.57. The Labute approximate surface area is 99.8 Å². The molecule has 0 bridgehead atoms. The Morgan fingerprint density at radius 3 is 2.94 bits per heavy atom. The second-order valence-electron chi connectivity index (χ2n) is 3.54. The fourth-order valence-electron chi connectivity index (χ4n) is 1.39. The zero-order chi connectivity index (χ0) is 12.1. The lowest BCUT2D eigenvalue weighted by molar-refractivity contribution is 0.0694. The summed E-state index contributed by atoms with van der Waals surface area (Å²) in [4.78, 5) is 5.84. The topological polar surface area (TPSA) is 71.6 Å². The van der Waals surface area contributed by atoms with Gasteiger partial charge in [0.2, 0.25) is 0 Å². The number of nitrogen functional groups attached to an aromatic ring is 1. The molecule has 1 atom stereocenters. The van der Waals surface area contributed by atoms with Crippen LogP contribution in [-0.2, 0) is 4.74 Å². The summed E-state index contributed by atoms with van der Waals surface area (Å²) in [5.41, 5.74) is 6.29. The van der Waals surface area contributed by atoms with Crippen LogP contribution in [-0.4, -0.2) is 43.5 Å². The van der Waals surface area contributed by atoms with E-state index in [4.69, 9.17) is 22.1 Å². The van der Waals surface area contributed by atoms with Crippen molar-refractivity contribution in [2.45, 2.75) is 6.10 Å². The number of aliphatic hydroxyl groups excluding tert-OH is 1. The van der Waals surface area contributed by atoms with Crippen LogP contribution in [0.1, 0.15) is 0 Å². The molecule has 6 heteroatoms. The minimum Gasteiger partial charge on any atom is -0.396 e. The van der Waals surface area contributed by atoms with Crippen molar-refractivity contribution >= 4 is 23.1 Å². The number of nitrogens with zero attached hydrogens (tertiary/aromatic N) is 2. The van der Waals surface area contributed by atoms with Gasteiger partial charge < -0.3 is 20.5 Å². The van der Waals surface area contributed by atoms with Gasteiger partial charge in [0, 0.05) is 20.7 Å². The minimum absolute atomic E-state index is 0.269. The van der Waals surface area contributed by atoms with Gasteiger partial charge in [0.15, 0.2) is 5.82 Å². The predicted octanol–water partition coefficient (Wildman–Crippen LogP) is 0.761. The molecule has 1 rings (SSSR count). The summed E-state index contributed by atoms with van der Waals surface area (Å²) in [6.45, 7) is 0.649. The van der Waals surface area contributed by atoms with Crippen molar-refractivity contribution in [3.63, 3.8) is 0 Å². The van der Waals surface area contributed by atoms with Gasteiger partial charge in [0.1, 0.15) is 5.15 Å². The molecule has 0 aliphatic heterocycles. The first-order chi connectivity index (χ1) is 7.54. The highest BCUT2D eigenvalue weighted by atomic mass is 35.5. The van der Waals surface area contributed by atoms with E-state index in [2.05, 4.69) is 4.98 Å². The van der Waals surface area contributed by atoms with E-state index in [-0.39, 0.29) is 6.61 Å². The Kier molecular flexibility index (Phi) is 4.79. The first-order valence-electron chi connectivity index (χ1n) is 4.84. The van der Waals surface area contributed by atoms with Gasteiger partial charge in [-0.1, -0.05) is 11.6 Å². The van der Waals surface area contributed by atoms with Gasteiger partial charge in [0.25, 0.3) is 0 Å². The maximum atomic E-state index is 9.57. The zero-order valence-electron chi connectivity index (χ0n) is 9.35. The molecule has 0 saturated carbocycles. The molecule has 0 aliphatic rings. The summed E-state index contributed by atoms with van der Waals surface area (Å²) in [7, 11) is 3.32. The number of aromatic nitrogens is 1. The molecule has 1 unspecified atom stereocenters. The predicted molar refractivity (Wildman–Crippen MR) is 64.8 cm³/mol. The first kappa shape index (κ1) is 13.0. The number of nitrogens with two attached hydrogens (primary N) is 1. The number of ether oxygens (including phenoxy) is 1. The SMILES string of the molecule is COCC(O)CN(C)c1nc(Cl)ccc1N. The number of hydrogen-bond acceptors (Lipinski definition) is 5. The number of halogens is 1. The van der Waals surface area contributed by atoms with Gasteiger partial charge in [-0.3, -0.25) is 0 Å². The van der Waals surface area contributed by atoms with E-state index < -0.39 is 6.10 Å². The number of hydrogen-bond donors (Lipinski definition) is 2. The molecule has 0 fully saturated rings. The number of aliphatic hydroxyl groups is 1. The highest BCUT2D eigenvalue weighted by Crippen LogP contribution is 2.21. The zero-order valence-corrected chi connectivity index (χ0v) is 10.1. The molecule has 0 radical (unpaired) electrons. The molecule has 3 N–H and O–H groups in total. The van der Waals surface area contributed by atoms with Crippen molar-refractivity contribution in [2.24, 2.45) is 0 Å². The van der Waals surface area contributed by atoms with Crippen LogP contribution in [0.5, 0.6) is 0 Å². The third-order valence-electron chi connectivity index (χ3n) is 2.08. The summed E-state index contributed by atoms with van der Waals surface area (Å²) >= 11 is 5.78. The first-order valence-corrected chi connectivity index (χ1v) is 5.22. The van der Waals surface area contributed by atoms with Gasteiger partial charge in [-0.05, 0) is 12.1 Å². The fraction of sp³-hybridized carbons (Fsp3) is 0.500. The smallest absolute Gasteiger partial charge is 0.153 e. The van der Waals surface area contributed by atoms with Gasteiger partial charge >= 0.3 is 0 Å². The average molecular weight is 246 g/mol. The number of rotatable bonds is 5. The lowest BCUT2D eigenvalue weighted by Crippen LogP contribution is -2.32. The fourth-order valence-corrected chi connectivity index (χ4v) is 1.53. The van der Waals surface area contributed by atoms with Crippen molar-refractivity contribution in [3.05, 3.63) is 17.3 Å². The standard InChI is InChI=1S/C10H16ClN3O2/c1-14(5-7(15)6-16-2)10-8(12)3-4-9(11)13-10/h3-4,7,15H,5-6,12H2,1-2H3. The van der Waals surface area contributed by atoms with Gasteiger partial charge in [-0.2, -0.15) is 0 Å². The monoisotopic (exact) mass is 245 g/mol. The lowest BCUT2D eigenvalue weighted by Gasteiger charge is -2.22. The molecule has 1 heterocycles. The molecule has 1 aromatic rings. The summed E-state index contributed by atoms with van der Waals surface area (Å²) in [6, 6.07) is 3.31. The van der Waals surface area contributed by atoms with Crippen LogP contribution >= 0.6 is 11.6 Å². The van der Waals surface area contributed by atoms with Crippen molar-refractivity contribution < 1.29 is 9.84 Å². The van der Waals surface area contributed by atoms with Crippen molar-refractivity contribution in [1.29, 1.82) is 0 Å². The van der Waals surface area contributed by atoms with Crippen LogP contribution in [0.4, 0.5) is 11.5 Å². The minimum atomic E-state index is -0.588. The Morgan fingerprint density at radius 2 is 2.31 bits per heavy atom. The average Bonchev–Trinajstić information content (AvgIpc) is 2.21. The number of pyridine rings is 1. The number of methoxy groups -OCH3 is 1. The van der Waals surface area contributed by atoms with Crippen molar-refractivity contribution in [1.82, 2.24) is 4.98 Å². The van der Waals surface area contributed by atoms with E-state index in [9.17, 15) is 5.11 Å². The molecule has 0 amide bonds. The van der Waals surface area contributed by atoms with Crippen molar-refractivity contribution in [3.8, 4) is 0 Å². The van der Waals surface area contributed by atoms with Crippen LogP contribution in [0.2, 0.25) is 5.15 Å². The summed E-state index contributed by atoms with van der Waals surface area (Å²) in [6.07, 6.45) is -0.588. The molecule has 16 heavy (non-hydrogen) atoms. The Bertz CT molecular complexity index is 349. The van der Waals surface area contributed by atoms with Gasteiger partial charge in [-0.15, -0.1) is 0 Å². The highest BCUT2D eigenvalue weighted by Gasteiger charge is 2.12. The molecule has 1 aromatic heterocycles. The van der Waals surface area contributed by atoms with E-state index >= 15 is 0 Å². The number of anilines is 2. The summed E-state index contributed by atoms with van der Waals surface area (Å²) in [5.74, 6) is 0.558. The van der Waals surface area contributed by atoms with E-state index in [0.717, 1.165) is 0 Å². The van der Waals surface area contributed by atoms with Crippen LogP contribution in [0.15, 0.2) is 12.1 Å². The Hall–Kier alpha value is -1.04. The molecule has 0 aromatic carbocycles. The third-order valence-corrected chi connectivity index (χ3v) is 2.29. The molecular weight excluding hydrogens is 230 g/mol. The normalized spacial score (nSPS) is 12.5. The van der Waals surface area contributed by atoms with Crippen LogP contribution in [0.3, 0.4) is 0 Å². The Morgan fingerprint density at radius 1 is 1.62 bits per heavy atom. The Balaban J connectivity index is 2.72. The second-order valence-corrected chi connectivity index (χ2v) is 3.92. The highest BCUT2D eigenvalue weighted by molar-refractivity contribution is 6.29. The lowest BCUT2D eigenvalue weighted by atomic mass is 10.3. The summed E-state index contributed by atoms with van der Waals surface area (Å²) < 4.78 is 4.84. The molecular formula is C10H16ClN3O2. The largest absolute Gasteiger partial charge is 0.396 e. The van der Waals surface area contributed by atoms with Crippen LogP contribution in [0, 0.1) is 0 Å². The van der Waals surface area contributed by atoms with E-state index in [0.29, 0.717) is 23.2 Å². The van der Waals surface area contributed by atoms with Crippen molar-refractivity contribution in [2.75, 3.05) is 37.9 Å². The summed E-state index contributed by atoms with van der Waals surface area (Å²) in [5, 5.41) is 9.95.